The SMILES string of the molecule is Cc1ccc(C(=O)N=c2sc3ccc4ccccc4c3n2C)cc1C. The second-order valence-electron chi connectivity index (χ2n) is 6.29. The van der Waals surface area contributed by atoms with E-state index in [0.29, 0.717) is 5.56 Å². The number of amides is 1. The summed E-state index contributed by atoms with van der Waals surface area (Å²) in [5.41, 5.74) is 4.03. The molecule has 0 bridgehead atoms. The van der Waals surface area contributed by atoms with Gasteiger partial charge >= 0.3 is 0 Å². The highest BCUT2D eigenvalue weighted by atomic mass is 32.1. The number of nitrogens with zero attached hydrogens (tertiary/aromatic N) is 2. The quantitative estimate of drug-likeness (QED) is 0.490. The Balaban J connectivity index is 1.90. The highest BCUT2D eigenvalue weighted by Crippen LogP contribution is 2.26. The van der Waals surface area contributed by atoms with Crippen molar-refractivity contribution in [2.45, 2.75) is 13.8 Å². The van der Waals surface area contributed by atoms with E-state index < -0.39 is 0 Å². The summed E-state index contributed by atoms with van der Waals surface area (Å²) in [6.45, 7) is 4.05. The molecule has 1 heterocycles. The largest absolute Gasteiger partial charge is 0.319 e. The van der Waals surface area contributed by atoms with Gasteiger partial charge in [0.05, 0.1) is 10.2 Å². The Hall–Kier alpha value is -2.72. The fourth-order valence-electron chi connectivity index (χ4n) is 3.05. The minimum Gasteiger partial charge on any atom is -0.319 e. The smallest absolute Gasteiger partial charge is 0.279 e. The molecule has 25 heavy (non-hydrogen) atoms. The van der Waals surface area contributed by atoms with Crippen LogP contribution in [-0.2, 0) is 7.05 Å². The summed E-state index contributed by atoms with van der Waals surface area (Å²) in [5.74, 6) is -0.199. The minimum atomic E-state index is -0.199. The Labute approximate surface area is 149 Å². The Kier molecular flexibility index (Phi) is 3.77. The van der Waals surface area contributed by atoms with E-state index in [0.717, 1.165) is 20.6 Å². The Morgan fingerprint density at radius 2 is 1.80 bits per heavy atom. The van der Waals surface area contributed by atoms with Crippen LogP contribution >= 0.6 is 11.3 Å². The highest BCUT2D eigenvalue weighted by molar-refractivity contribution is 7.16. The van der Waals surface area contributed by atoms with E-state index in [1.54, 1.807) is 11.3 Å². The Morgan fingerprint density at radius 3 is 2.60 bits per heavy atom. The van der Waals surface area contributed by atoms with Crippen molar-refractivity contribution in [3.63, 3.8) is 0 Å². The molecule has 0 N–H and O–H groups in total. The standard InChI is InChI=1S/C21H18N2OS/c1-13-8-9-16(12-14(13)2)20(24)22-21-23(3)19-17-7-5-4-6-15(17)10-11-18(19)25-21/h4-12H,1-3H3. The number of hydrogen-bond acceptors (Lipinski definition) is 2. The van der Waals surface area contributed by atoms with E-state index >= 15 is 0 Å². The van der Waals surface area contributed by atoms with E-state index in [1.165, 1.54) is 16.3 Å². The maximum atomic E-state index is 12.6. The Morgan fingerprint density at radius 1 is 1.00 bits per heavy atom. The van der Waals surface area contributed by atoms with Gasteiger partial charge < -0.3 is 4.57 Å². The Bertz CT molecular complexity index is 1200. The first-order chi connectivity index (χ1) is 12.0. The number of carbonyl (C=O) groups is 1. The fraction of sp³-hybridized carbons (Fsp3) is 0.143. The van der Waals surface area contributed by atoms with Gasteiger partial charge in [0.2, 0.25) is 0 Å². The van der Waals surface area contributed by atoms with Crippen molar-refractivity contribution in [1.82, 2.24) is 4.57 Å². The predicted molar refractivity (Wildman–Crippen MR) is 104 cm³/mol. The zero-order valence-electron chi connectivity index (χ0n) is 14.4. The van der Waals surface area contributed by atoms with Crippen molar-refractivity contribution < 1.29 is 4.79 Å². The lowest BCUT2D eigenvalue weighted by Gasteiger charge is -2.02. The van der Waals surface area contributed by atoms with Crippen molar-refractivity contribution in [2.24, 2.45) is 12.0 Å². The van der Waals surface area contributed by atoms with Crippen LogP contribution in [0.5, 0.6) is 0 Å². The molecule has 3 nitrogen and oxygen atoms in total. The van der Waals surface area contributed by atoms with Gasteiger partial charge in [-0.1, -0.05) is 47.7 Å². The van der Waals surface area contributed by atoms with Crippen LogP contribution < -0.4 is 4.80 Å². The number of thiazole rings is 1. The van der Waals surface area contributed by atoms with Gasteiger partial charge in [-0.3, -0.25) is 4.79 Å². The summed E-state index contributed by atoms with van der Waals surface area (Å²) in [5, 5.41) is 2.37. The zero-order chi connectivity index (χ0) is 17.6. The molecule has 0 atom stereocenters. The topological polar surface area (TPSA) is 34.4 Å². The summed E-state index contributed by atoms with van der Waals surface area (Å²) >= 11 is 1.54. The highest BCUT2D eigenvalue weighted by Gasteiger charge is 2.10. The minimum absolute atomic E-state index is 0.199. The number of carbonyl (C=O) groups excluding carboxylic acids is 1. The van der Waals surface area contributed by atoms with Crippen LogP contribution in [0.25, 0.3) is 21.0 Å². The van der Waals surface area contributed by atoms with Gasteiger partial charge in [0, 0.05) is 18.0 Å². The number of hydrogen-bond donors (Lipinski definition) is 0. The van der Waals surface area contributed by atoms with Crippen LogP contribution in [-0.4, -0.2) is 10.5 Å². The first-order valence-corrected chi connectivity index (χ1v) is 9.00. The molecule has 0 fully saturated rings. The van der Waals surface area contributed by atoms with Gasteiger partial charge in [-0.05, 0) is 48.6 Å². The van der Waals surface area contributed by atoms with E-state index in [2.05, 4.69) is 29.3 Å². The first kappa shape index (κ1) is 15.8. The van der Waals surface area contributed by atoms with Gasteiger partial charge in [-0.15, -0.1) is 0 Å². The molecule has 0 saturated heterocycles. The summed E-state index contributed by atoms with van der Waals surface area (Å²) in [6.07, 6.45) is 0. The molecule has 0 aliphatic heterocycles. The average Bonchev–Trinajstić information content (AvgIpc) is 2.93. The third-order valence-corrected chi connectivity index (χ3v) is 5.74. The molecular weight excluding hydrogens is 328 g/mol. The molecule has 0 spiro atoms. The number of rotatable bonds is 1. The molecule has 4 heteroatoms. The van der Waals surface area contributed by atoms with Gasteiger partial charge in [-0.25, -0.2) is 0 Å². The number of aryl methyl sites for hydroxylation is 3. The third kappa shape index (κ3) is 2.68. The fourth-order valence-corrected chi connectivity index (χ4v) is 4.08. The van der Waals surface area contributed by atoms with Gasteiger partial charge in [0.15, 0.2) is 4.80 Å². The molecule has 0 aliphatic carbocycles. The maximum absolute atomic E-state index is 12.6. The van der Waals surface area contributed by atoms with Crippen molar-refractivity contribution in [3.05, 3.63) is 76.1 Å². The normalized spacial score (nSPS) is 12.2. The summed E-state index contributed by atoms with van der Waals surface area (Å²) in [4.78, 5) is 17.7. The first-order valence-electron chi connectivity index (χ1n) is 8.18. The molecule has 1 aromatic heterocycles. The summed E-state index contributed by atoms with van der Waals surface area (Å²) < 4.78 is 3.15. The summed E-state index contributed by atoms with van der Waals surface area (Å²) in [6, 6.07) is 18.2. The van der Waals surface area contributed by atoms with E-state index in [9.17, 15) is 4.79 Å². The lowest BCUT2D eigenvalue weighted by Crippen LogP contribution is -2.13. The van der Waals surface area contributed by atoms with Crippen LogP contribution in [0.3, 0.4) is 0 Å². The van der Waals surface area contributed by atoms with E-state index in [-0.39, 0.29) is 5.91 Å². The monoisotopic (exact) mass is 346 g/mol. The van der Waals surface area contributed by atoms with Crippen LogP contribution in [0.15, 0.2) is 59.6 Å². The second kappa shape index (κ2) is 5.97. The molecule has 0 aliphatic rings. The molecule has 124 valence electrons. The molecule has 4 aromatic rings. The molecule has 1 amide bonds. The molecular formula is C21H18N2OS. The molecule has 0 saturated carbocycles. The molecule has 0 unspecified atom stereocenters. The number of fused-ring (bicyclic) bond motifs is 3. The van der Waals surface area contributed by atoms with Crippen LogP contribution in [0, 0.1) is 13.8 Å². The van der Waals surface area contributed by atoms with Crippen LogP contribution in [0.2, 0.25) is 0 Å². The second-order valence-corrected chi connectivity index (χ2v) is 7.30. The van der Waals surface area contributed by atoms with Crippen LogP contribution in [0.4, 0.5) is 0 Å². The van der Waals surface area contributed by atoms with Crippen molar-refractivity contribution in [2.75, 3.05) is 0 Å². The maximum Gasteiger partial charge on any atom is 0.279 e. The summed E-state index contributed by atoms with van der Waals surface area (Å²) in [7, 11) is 1.97. The molecule has 4 rings (SSSR count). The van der Waals surface area contributed by atoms with Crippen molar-refractivity contribution in [3.8, 4) is 0 Å². The number of aromatic nitrogens is 1. The lowest BCUT2D eigenvalue weighted by molar-refractivity contribution is 0.0998. The average molecular weight is 346 g/mol. The predicted octanol–water partition coefficient (Wildman–Crippen LogP) is 4.75. The lowest BCUT2D eigenvalue weighted by atomic mass is 10.1. The van der Waals surface area contributed by atoms with Gasteiger partial charge in [0.1, 0.15) is 0 Å². The van der Waals surface area contributed by atoms with E-state index in [1.807, 2.05) is 55.8 Å². The van der Waals surface area contributed by atoms with Crippen molar-refractivity contribution in [1.29, 1.82) is 0 Å². The van der Waals surface area contributed by atoms with Crippen molar-refractivity contribution >= 4 is 38.2 Å². The van der Waals surface area contributed by atoms with Crippen LogP contribution in [0.1, 0.15) is 21.5 Å². The zero-order valence-corrected chi connectivity index (χ0v) is 15.2. The van der Waals surface area contributed by atoms with Gasteiger partial charge in [0.25, 0.3) is 5.91 Å². The molecule has 3 aromatic carbocycles. The van der Waals surface area contributed by atoms with Gasteiger partial charge in [-0.2, -0.15) is 4.99 Å². The van der Waals surface area contributed by atoms with E-state index in [4.69, 9.17) is 0 Å². The number of benzene rings is 3. The molecule has 0 radical (unpaired) electrons. The third-order valence-electron chi connectivity index (χ3n) is 4.64.